The van der Waals surface area contributed by atoms with E-state index in [0.717, 1.165) is 16.5 Å². The molecule has 16 heavy (non-hydrogen) atoms. The predicted molar refractivity (Wildman–Crippen MR) is 67.7 cm³/mol. The summed E-state index contributed by atoms with van der Waals surface area (Å²) in [4.78, 5) is 0. The van der Waals surface area contributed by atoms with Gasteiger partial charge in [-0.15, -0.1) is 0 Å². The molecule has 0 heterocycles. The van der Waals surface area contributed by atoms with Crippen molar-refractivity contribution in [2.24, 2.45) is 17.1 Å². The average Bonchev–Trinajstić information content (AvgIpc) is 3.07. The molecule has 1 fully saturated rings. The molecular formula is C13H17BrFN. The summed E-state index contributed by atoms with van der Waals surface area (Å²) in [5.41, 5.74) is 6.68. The SMILES string of the molecule is CC(CN)(Cc1cc(Br)ccc1F)C1CC1. The van der Waals surface area contributed by atoms with Crippen molar-refractivity contribution in [2.45, 2.75) is 26.2 Å². The van der Waals surface area contributed by atoms with E-state index in [2.05, 4.69) is 22.9 Å². The van der Waals surface area contributed by atoms with Crippen molar-refractivity contribution in [3.05, 3.63) is 34.1 Å². The molecule has 1 aliphatic carbocycles. The van der Waals surface area contributed by atoms with Crippen LogP contribution in [-0.4, -0.2) is 6.54 Å². The maximum absolute atomic E-state index is 13.7. The lowest BCUT2D eigenvalue weighted by Gasteiger charge is -2.28. The van der Waals surface area contributed by atoms with Gasteiger partial charge in [0, 0.05) is 4.47 Å². The van der Waals surface area contributed by atoms with E-state index >= 15 is 0 Å². The Balaban J connectivity index is 2.21. The van der Waals surface area contributed by atoms with E-state index in [9.17, 15) is 4.39 Å². The van der Waals surface area contributed by atoms with Gasteiger partial charge in [-0.25, -0.2) is 4.39 Å². The minimum Gasteiger partial charge on any atom is -0.330 e. The average molecular weight is 286 g/mol. The Bertz CT molecular complexity index is 390. The second-order valence-corrected chi connectivity index (χ2v) is 5.96. The number of nitrogens with two attached hydrogens (primary N) is 1. The van der Waals surface area contributed by atoms with E-state index in [1.54, 1.807) is 6.07 Å². The number of hydrogen-bond donors (Lipinski definition) is 1. The van der Waals surface area contributed by atoms with Crippen LogP contribution in [0.4, 0.5) is 4.39 Å². The molecule has 2 N–H and O–H groups in total. The van der Waals surface area contributed by atoms with Crippen LogP contribution in [0.2, 0.25) is 0 Å². The van der Waals surface area contributed by atoms with Crippen molar-refractivity contribution in [1.82, 2.24) is 0 Å². The van der Waals surface area contributed by atoms with Crippen LogP contribution in [-0.2, 0) is 6.42 Å². The molecule has 1 aromatic carbocycles. The first kappa shape index (κ1) is 12.1. The highest BCUT2D eigenvalue weighted by Crippen LogP contribution is 2.47. The number of halogens is 2. The molecule has 3 heteroatoms. The molecule has 1 saturated carbocycles. The summed E-state index contributed by atoms with van der Waals surface area (Å²) in [6.45, 7) is 2.80. The van der Waals surface area contributed by atoms with Crippen LogP contribution in [0.3, 0.4) is 0 Å². The third kappa shape index (κ3) is 2.46. The lowest BCUT2D eigenvalue weighted by atomic mass is 9.79. The first-order valence-corrected chi connectivity index (χ1v) is 6.48. The van der Waals surface area contributed by atoms with Gasteiger partial charge in [0.15, 0.2) is 0 Å². The Morgan fingerprint density at radius 1 is 1.50 bits per heavy atom. The van der Waals surface area contributed by atoms with Gasteiger partial charge in [-0.05, 0) is 60.9 Å². The molecule has 88 valence electrons. The third-order valence-corrected chi connectivity index (χ3v) is 4.12. The molecular weight excluding hydrogens is 269 g/mol. The van der Waals surface area contributed by atoms with Gasteiger partial charge in [0.2, 0.25) is 0 Å². The van der Waals surface area contributed by atoms with Crippen molar-refractivity contribution >= 4 is 15.9 Å². The van der Waals surface area contributed by atoms with E-state index < -0.39 is 0 Å². The number of benzene rings is 1. The molecule has 1 unspecified atom stereocenters. The molecule has 0 bridgehead atoms. The van der Waals surface area contributed by atoms with Gasteiger partial charge in [-0.3, -0.25) is 0 Å². The summed E-state index contributed by atoms with van der Waals surface area (Å²) in [5.74, 6) is 0.555. The van der Waals surface area contributed by atoms with E-state index in [-0.39, 0.29) is 11.2 Å². The molecule has 1 atom stereocenters. The Labute approximate surface area is 104 Å². The van der Waals surface area contributed by atoms with Crippen LogP contribution in [0, 0.1) is 17.2 Å². The van der Waals surface area contributed by atoms with Gasteiger partial charge in [0.05, 0.1) is 0 Å². The van der Waals surface area contributed by atoms with Crippen LogP contribution < -0.4 is 5.73 Å². The Kier molecular flexibility index (Phi) is 3.36. The van der Waals surface area contributed by atoms with E-state index in [1.165, 1.54) is 18.9 Å². The smallest absolute Gasteiger partial charge is 0.126 e. The van der Waals surface area contributed by atoms with Crippen LogP contribution in [0.15, 0.2) is 22.7 Å². The lowest BCUT2D eigenvalue weighted by Crippen LogP contribution is -2.32. The fourth-order valence-corrected chi connectivity index (χ4v) is 2.69. The zero-order valence-electron chi connectivity index (χ0n) is 9.47. The Hall–Kier alpha value is -0.410. The maximum atomic E-state index is 13.7. The highest BCUT2D eigenvalue weighted by Gasteiger charge is 2.40. The zero-order valence-corrected chi connectivity index (χ0v) is 11.1. The highest BCUT2D eigenvalue weighted by molar-refractivity contribution is 9.10. The van der Waals surface area contributed by atoms with Crippen LogP contribution >= 0.6 is 15.9 Å². The number of rotatable bonds is 4. The van der Waals surface area contributed by atoms with Gasteiger partial charge in [0.25, 0.3) is 0 Å². The van der Waals surface area contributed by atoms with E-state index in [1.807, 2.05) is 6.07 Å². The second kappa shape index (κ2) is 4.46. The minimum absolute atomic E-state index is 0.0572. The van der Waals surface area contributed by atoms with Crippen LogP contribution in [0.5, 0.6) is 0 Å². The fraction of sp³-hybridized carbons (Fsp3) is 0.538. The van der Waals surface area contributed by atoms with Crippen LogP contribution in [0.25, 0.3) is 0 Å². The molecule has 1 aliphatic rings. The van der Waals surface area contributed by atoms with Gasteiger partial charge in [-0.1, -0.05) is 22.9 Å². The Morgan fingerprint density at radius 2 is 2.19 bits per heavy atom. The molecule has 2 rings (SSSR count). The largest absolute Gasteiger partial charge is 0.330 e. The molecule has 1 nitrogen and oxygen atoms in total. The molecule has 0 saturated heterocycles. The number of hydrogen-bond acceptors (Lipinski definition) is 1. The summed E-state index contributed by atoms with van der Waals surface area (Å²) in [6, 6.07) is 5.12. The summed E-state index contributed by atoms with van der Waals surface area (Å²) in [6.07, 6.45) is 3.21. The molecule has 1 aromatic rings. The summed E-state index contributed by atoms with van der Waals surface area (Å²) in [7, 11) is 0. The molecule has 0 radical (unpaired) electrons. The minimum atomic E-state index is -0.122. The summed E-state index contributed by atoms with van der Waals surface area (Å²) in [5, 5.41) is 0. The normalized spacial score (nSPS) is 19.5. The van der Waals surface area contributed by atoms with E-state index in [4.69, 9.17) is 5.73 Å². The summed E-state index contributed by atoms with van der Waals surface area (Å²) < 4.78 is 14.6. The molecule has 0 aliphatic heterocycles. The van der Waals surface area contributed by atoms with Crippen molar-refractivity contribution in [2.75, 3.05) is 6.54 Å². The van der Waals surface area contributed by atoms with Gasteiger partial charge in [-0.2, -0.15) is 0 Å². The first-order chi connectivity index (χ1) is 7.55. The standard InChI is InChI=1S/C13H17BrFN/c1-13(8-16,10-2-3-10)7-9-6-11(14)4-5-12(9)15/h4-6,10H,2-3,7-8,16H2,1H3. The van der Waals surface area contributed by atoms with Crippen molar-refractivity contribution in [3.63, 3.8) is 0 Å². The fourth-order valence-electron chi connectivity index (χ4n) is 2.28. The summed E-state index contributed by atoms with van der Waals surface area (Å²) >= 11 is 3.38. The van der Waals surface area contributed by atoms with E-state index in [0.29, 0.717) is 12.5 Å². The topological polar surface area (TPSA) is 26.0 Å². The molecule has 0 spiro atoms. The van der Waals surface area contributed by atoms with Gasteiger partial charge >= 0.3 is 0 Å². The monoisotopic (exact) mass is 285 g/mol. The third-order valence-electron chi connectivity index (χ3n) is 3.63. The maximum Gasteiger partial charge on any atom is 0.126 e. The van der Waals surface area contributed by atoms with Gasteiger partial charge < -0.3 is 5.73 Å². The Morgan fingerprint density at radius 3 is 2.75 bits per heavy atom. The molecule has 0 aromatic heterocycles. The quantitative estimate of drug-likeness (QED) is 0.900. The predicted octanol–water partition coefficient (Wildman–Crippen LogP) is 3.51. The van der Waals surface area contributed by atoms with Gasteiger partial charge in [0.1, 0.15) is 5.82 Å². The zero-order chi connectivity index (χ0) is 11.8. The van der Waals surface area contributed by atoms with Crippen LogP contribution in [0.1, 0.15) is 25.3 Å². The highest BCUT2D eigenvalue weighted by atomic mass is 79.9. The van der Waals surface area contributed by atoms with Crippen molar-refractivity contribution < 1.29 is 4.39 Å². The lowest BCUT2D eigenvalue weighted by molar-refractivity contribution is 0.278. The van der Waals surface area contributed by atoms with Crippen molar-refractivity contribution in [1.29, 1.82) is 0 Å². The molecule has 0 amide bonds. The van der Waals surface area contributed by atoms with Crippen molar-refractivity contribution in [3.8, 4) is 0 Å². The second-order valence-electron chi connectivity index (χ2n) is 5.04. The first-order valence-electron chi connectivity index (χ1n) is 5.69.